The molecule has 0 aliphatic rings. The van der Waals surface area contributed by atoms with Gasteiger partial charge in [-0.3, -0.25) is 9.59 Å². The highest BCUT2D eigenvalue weighted by atomic mass is 35.5. The van der Waals surface area contributed by atoms with Gasteiger partial charge in [0.25, 0.3) is 5.91 Å². The van der Waals surface area contributed by atoms with Gasteiger partial charge in [0.05, 0.1) is 21.1 Å². The molecule has 3 N–H and O–H groups in total. The second-order valence-electron chi connectivity index (χ2n) is 8.33. The molecule has 0 unspecified atom stereocenters. The maximum atomic E-state index is 13.0. The van der Waals surface area contributed by atoms with Gasteiger partial charge in [-0.1, -0.05) is 41.4 Å². The van der Waals surface area contributed by atoms with Crippen LogP contribution in [0.1, 0.15) is 28.2 Å². The second kappa shape index (κ2) is 13.0. The van der Waals surface area contributed by atoms with Crippen LogP contribution in [0.5, 0.6) is 0 Å². The van der Waals surface area contributed by atoms with E-state index in [2.05, 4.69) is 20.3 Å². The summed E-state index contributed by atoms with van der Waals surface area (Å²) in [6.07, 6.45) is 1.26. The highest BCUT2D eigenvalue weighted by Gasteiger charge is 2.23. The van der Waals surface area contributed by atoms with Gasteiger partial charge in [-0.2, -0.15) is 0 Å². The molecule has 38 heavy (non-hydrogen) atoms. The minimum Gasteiger partial charge on any atom is -0.354 e. The lowest BCUT2D eigenvalue weighted by Gasteiger charge is -2.17. The summed E-state index contributed by atoms with van der Waals surface area (Å²) < 4.78 is 28.4. The average molecular weight is 612 g/mol. The van der Waals surface area contributed by atoms with E-state index in [9.17, 15) is 18.0 Å². The predicted molar refractivity (Wildman–Crippen MR) is 153 cm³/mol. The molecule has 0 aliphatic heterocycles. The van der Waals surface area contributed by atoms with Crippen molar-refractivity contribution in [3.8, 4) is 0 Å². The van der Waals surface area contributed by atoms with Crippen LogP contribution in [-0.2, 0) is 21.2 Å². The molecule has 4 rings (SSSR count). The Morgan fingerprint density at radius 1 is 1.03 bits per heavy atom. The number of hydrogen-bond donors (Lipinski definition) is 3. The Labute approximate surface area is 238 Å². The maximum Gasteiger partial charge on any atom is 0.262 e. The highest BCUT2D eigenvalue weighted by Crippen LogP contribution is 2.26. The van der Waals surface area contributed by atoms with Crippen molar-refractivity contribution in [3.05, 3.63) is 80.0 Å². The molecule has 2 aromatic carbocycles. The molecule has 200 valence electrons. The van der Waals surface area contributed by atoms with Crippen LogP contribution in [0, 0.1) is 0 Å². The number of thiazole rings is 1. The van der Waals surface area contributed by atoms with E-state index in [0.29, 0.717) is 35.0 Å². The zero-order valence-corrected chi connectivity index (χ0v) is 23.9. The Bertz CT molecular complexity index is 1490. The third-order valence-electron chi connectivity index (χ3n) is 5.55. The third kappa shape index (κ3) is 7.52. The molecule has 1 atom stereocenters. The van der Waals surface area contributed by atoms with Gasteiger partial charge in [0, 0.05) is 34.6 Å². The van der Waals surface area contributed by atoms with Crippen molar-refractivity contribution in [3.63, 3.8) is 0 Å². The SMILES string of the molecule is O=C(N[C@H](Cc1cscn1)C(=O)NCCCCNS(=O)(=O)c1ccc(Cl)cc1Cl)c1cc2ccccc2s1. The largest absolute Gasteiger partial charge is 0.354 e. The van der Waals surface area contributed by atoms with E-state index < -0.39 is 16.1 Å². The molecule has 0 fully saturated rings. The number of thiophene rings is 1. The first-order valence-corrected chi connectivity index (χ1v) is 15.6. The Hall–Kier alpha value is -2.54. The van der Waals surface area contributed by atoms with Crippen molar-refractivity contribution >= 4 is 77.8 Å². The highest BCUT2D eigenvalue weighted by molar-refractivity contribution is 7.89. The van der Waals surface area contributed by atoms with E-state index in [1.54, 1.807) is 5.51 Å². The Morgan fingerprint density at radius 3 is 2.55 bits per heavy atom. The van der Waals surface area contributed by atoms with Crippen molar-refractivity contribution in [1.82, 2.24) is 20.3 Å². The Balaban J connectivity index is 1.28. The fraction of sp³-hybridized carbons (Fsp3) is 0.240. The molecular formula is C25H24Cl2N4O4S3. The lowest BCUT2D eigenvalue weighted by atomic mass is 10.1. The third-order valence-corrected chi connectivity index (χ3v) is 9.48. The quantitative estimate of drug-likeness (QED) is 0.198. The van der Waals surface area contributed by atoms with Crippen molar-refractivity contribution in [1.29, 1.82) is 0 Å². The average Bonchev–Trinajstić information content (AvgIpc) is 3.55. The summed E-state index contributed by atoms with van der Waals surface area (Å²) >= 11 is 14.6. The van der Waals surface area contributed by atoms with Crippen LogP contribution in [0.3, 0.4) is 0 Å². The molecule has 4 aromatic rings. The van der Waals surface area contributed by atoms with E-state index in [-0.39, 0.29) is 34.7 Å². The van der Waals surface area contributed by atoms with Crippen LogP contribution in [0.2, 0.25) is 10.0 Å². The first-order valence-electron chi connectivity index (χ1n) is 11.6. The fourth-order valence-electron chi connectivity index (χ4n) is 3.64. The molecule has 0 saturated heterocycles. The monoisotopic (exact) mass is 610 g/mol. The lowest BCUT2D eigenvalue weighted by molar-refractivity contribution is -0.123. The first kappa shape index (κ1) is 28.5. The van der Waals surface area contributed by atoms with Gasteiger partial charge in [-0.15, -0.1) is 22.7 Å². The topological polar surface area (TPSA) is 117 Å². The van der Waals surface area contributed by atoms with Gasteiger partial charge in [0.15, 0.2) is 0 Å². The summed E-state index contributed by atoms with van der Waals surface area (Å²) in [5.41, 5.74) is 2.39. The minimum absolute atomic E-state index is 0.0427. The van der Waals surface area contributed by atoms with E-state index in [1.165, 1.54) is 40.9 Å². The van der Waals surface area contributed by atoms with Crippen molar-refractivity contribution < 1.29 is 18.0 Å². The minimum atomic E-state index is -3.78. The molecule has 0 spiro atoms. The van der Waals surface area contributed by atoms with Crippen LogP contribution in [-0.4, -0.2) is 44.3 Å². The van der Waals surface area contributed by atoms with Crippen molar-refractivity contribution in [2.45, 2.75) is 30.2 Å². The van der Waals surface area contributed by atoms with Gasteiger partial charge in [0.2, 0.25) is 15.9 Å². The number of halogens is 2. The number of aromatic nitrogens is 1. The van der Waals surface area contributed by atoms with E-state index in [0.717, 1.165) is 10.1 Å². The van der Waals surface area contributed by atoms with Crippen LogP contribution in [0.4, 0.5) is 0 Å². The lowest BCUT2D eigenvalue weighted by Crippen LogP contribution is -2.48. The van der Waals surface area contributed by atoms with Gasteiger partial charge >= 0.3 is 0 Å². The van der Waals surface area contributed by atoms with E-state index in [1.807, 2.05) is 35.7 Å². The van der Waals surface area contributed by atoms with E-state index >= 15 is 0 Å². The Kier molecular flexibility index (Phi) is 9.74. The van der Waals surface area contributed by atoms with Crippen LogP contribution in [0.15, 0.2) is 64.3 Å². The summed E-state index contributed by atoms with van der Waals surface area (Å²) in [4.78, 5) is 30.6. The number of fused-ring (bicyclic) bond motifs is 1. The molecule has 2 amide bonds. The fourth-order valence-corrected chi connectivity index (χ4v) is 7.02. The van der Waals surface area contributed by atoms with Crippen molar-refractivity contribution in [2.75, 3.05) is 13.1 Å². The standard InChI is InChI=1S/C25H24Cl2N4O4S3/c26-17-7-8-23(19(27)12-17)38(34,35)30-10-4-3-9-28-24(32)20(13-18-14-36-15-29-18)31-25(33)22-11-16-5-1-2-6-21(16)37-22/h1-2,5-8,11-12,14-15,20,30H,3-4,9-10,13H2,(H,28,32)(H,31,33)/t20-/m1/s1. The molecule has 0 aliphatic carbocycles. The number of carbonyl (C=O) groups is 2. The van der Waals surface area contributed by atoms with Crippen LogP contribution >= 0.6 is 45.9 Å². The Morgan fingerprint density at radius 2 is 1.82 bits per heavy atom. The zero-order chi connectivity index (χ0) is 27.1. The summed E-state index contributed by atoms with van der Waals surface area (Å²) in [5, 5.41) is 8.87. The van der Waals surface area contributed by atoms with Crippen LogP contribution < -0.4 is 15.4 Å². The molecule has 0 bridgehead atoms. The number of hydrogen-bond acceptors (Lipinski definition) is 7. The molecule has 0 saturated carbocycles. The second-order valence-corrected chi connectivity index (χ2v) is 12.7. The number of sulfonamides is 1. The number of nitrogens with zero attached hydrogens (tertiary/aromatic N) is 1. The molecular weight excluding hydrogens is 587 g/mol. The summed E-state index contributed by atoms with van der Waals surface area (Å²) in [7, 11) is -3.78. The molecule has 2 aromatic heterocycles. The molecule has 0 radical (unpaired) electrons. The van der Waals surface area contributed by atoms with Gasteiger partial charge < -0.3 is 10.6 Å². The summed E-state index contributed by atoms with van der Waals surface area (Å²) in [5.74, 6) is -0.655. The molecule has 13 heteroatoms. The molecule has 8 nitrogen and oxygen atoms in total. The normalized spacial score (nSPS) is 12.4. The smallest absolute Gasteiger partial charge is 0.262 e. The van der Waals surface area contributed by atoms with Gasteiger partial charge in [0.1, 0.15) is 10.9 Å². The maximum absolute atomic E-state index is 13.0. The number of carbonyl (C=O) groups excluding carboxylic acids is 2. The summed E-state index contributed by atoms with van der Waals surface area (Å²) in [6, 6.07) is 12.9. The number of unbranched alkanes of at least 4 members (excludes halogenated alkanes) is 1. The number of amides is 2. The number of rotatable bonds is 12. The summed E-state index contributed by atoms with van der Waals surface area (Å²) in [6.45, 7) is 0.483. The van der Waals surface area contributed by atoms with Gasteiger partial charge in [-0.05, 0) is 48.6 Å². The molecule has 2 heterocycles. The van der Waals surface area contributed by atoms with Crippen molar-refractivity contribution in [2.24, 2.45) is 0 Å². The van der Waals surface area contributed by atoms with E-state index in [4.69, 9.17) is 23.2 Å². The number of nitrogens with one attached hydrogen (secondary N) is 3. The van der Waals surface area contributed by atoms with Gasteiger partial charge in [-0.25, -0.2) is 18.1 Å². The first-order chi connectivity index (χ1) is 18.2. The zero-order valence-electron chi connectivity index (χ0n) is 19.9. The predicted octanol–water partition coefficient (Wildman–Crippen LogP) is 4.88. The number of benzene rings is 2. The van der Waals surface area contributed by atoms with Crippen LogP contribution in [0.25, 0.3) is 10.1 Å².